The molecule has 26 heavy (non-hydrogen) atoms. The van der Waals surface area contributed by atoms with E-state index in [1.54, 1.807) is 0 Å². The van der Waals surface area contributed by atoms with Gasteiger partial charge in [0.25, 0.3) is 0 Å². The lowest BCUT2D eigenvalue weighted by Gasteiger charge is -2.29. The van der Waals surface area contributed by atoms with Gasteiger partial charge in [-0.3, -0.25) is 0 Å². The molecular formula is C24H34N2. The van der Waals surface area contributed by atoms with E-state index in [2.05, 4.69) is 48.1 Å². The molecule has 1 saturated carbocycles. The zero-order chi connectivity index (χ0) is 18.2. The summed E-state index contributed by atoms with van der Waals surface area (Å²) in [6.45, 7) is 4.48. The summed E-state index contributed by atoms with van der Waals surface area (Å²) >= 11 is 0. The number of unbranched alkanes of at least 4 members (excludes halogenated alkanes) is 2. The van der Waals surface area contributed by atoms with Gasteiger partial charge in [0.1, 0.15) is 0 Å². The maximum absolute atomic E-state index is 4.54. The van der Waals surface area contributed by atoms with E-state index in [1.807, 2.05) is 12.4 Å². The quantitative estimate of drug-likeness (QED) is 0.481. The first-order valence-corrected chi connectivity index (χ1v) is 10.7. The largest absolute Gasteiger partial charge is 0.236 e. The molecule has 0 bridgehead atoms. The summed E-state index contributed by atoms with van der Waals surface area (Å²) in [6, 6.07) is 9.02. The monoisotopic (exact) mass is 350 g/mol. The lowest BCUT2D eigenvalue weighted by molar-refractivity contribution is 0.303. The van der Waals surface area contributed by atoms with Crippen LogP contribution in [0, 0.1) is 5.92 Å². The topological polar surface area (TPSA) is 25.8 Å². The van der Waals surface area contributed by atoms with Crippen molar-refractivity contribution in [3.05, 3.63) is 47.8 Å². The number of rotatable bonds is 8. The summed E-state index contributed by atoms with van der Waals surface area (Å²) in [5, 5.41) is 0. The Morgan fingerprint density at radius 1 is 0.846 bits per heavy atom. The van der Waals surface area contributed by atoms with Crippen LogP contribution in [0.5, 0.6) is 0 Å². The number of benzene rings is 1. The second kappa shape index (κ2) is 9.85. The molecule has 1 heterocycles. The molecule has 0 atom stereocenters. The SMILES string of the molecule is CCCCCC1CCC(c2ccc(-c3ncc(CCC)cn3)cc2)CC1. The fraction of sp³-hybridized carbons (Fsp3) is 0.583. The predicted molar refractivity (Wildman–Crippen MR) is 110 cm³/mol. The smallest absolute Gasteiger partial charge is 0.159 e. The third-order valence-corrected chi connectivity index (χ3v) is 5.95. The fourth-order valence-electron chi connectivity index (χ4n) is 4.29. The third-order valence-electron chi connectivity index (χ3n) is 5.95. The van der Waals surface area contributed by atoms with Crippen molar-refractivity contribution in [3.8, 4) is 11.4 Å². The van der Waals surface area contributed by atoms with Crippen LogP contribution in [0.3, 0.4) is 0 Å². The van der Waals surface area contributed by atoms with E-state index in [-0.39, 0.29) is 0 Å². The van der Waals surface area contributed by atoms with Crippen molar-refractivity contribution in [2.45, 2.75) is 84.0 Å². The van der Waals surface area contributed by atoms with Crippen LogP contribution >= 0.6 is 0 Å². The molecule has 0 N–H and O–H groups in total. The van der Waals surface area contributed by atoms with E-state index in [0.717, 1.165) is 36.1 Å². The van der Waals surface area contributed by atoms with Gasteiger partial charge >= 0.3 is 0 Å². The molecule has 2 heteroatoms. The van der Waals surface area contributed by atoms with Gasteiger partial charge in [-0.1, -0.05) is 70.2 Å². The zero-order valence-electron chi connectivity index (χ0n) is 16.6. The van der Waals surface area contributed by atoms with Crippen LogP contribution in [0.15, 0.2) is 36.7 Å². The third kappa shape index (κ3) is 5.16. The number of hydrogen-bond acceptors (Lipinski definition) is 2. The molecule has 140 valence electrons. The van der Waals surface area contributed by atoms with Crippen molar-refractivity contribution in [2.75, 3.05) is 0 Å². The minimum Gasteiger partial charge on any atom is -0.236 e. The highest BCUT2D eigenvalue weighted by Crippen LogP contribution is 2.38. The minimum absolute atomic E-state index is 0.749. The molecule has 0 spiro atoms. The van der Waals surface area contributed by atoms with E-state index in [0.29, 0.717) is 0 Å². The second-order valence-electron chi connectivity index (χ2n) is 8.00. The van der Waals surface area contributed by atoms with E-state index < -0.39 is 0 Å². The molecule has 1 aromatic carbocycles. The summed E-state index contributed by atoms with van der Waals surface area (Å²) in [5.74, 6) is 2.57. The predicted octanol–water partition coefficient (Wildman–Crippen LogP) is 6.95. The Kier molecular flexibility index (Phi) is 7.22. The average molecular weight is 351 g/mol. The lowest BCUT2D eigenvalue weighted by atomic mass is 9.77. The first-order chi connectivity index (χ1) is 12.8. The van der Waals surface area contributed by atoms with Crippen LogP contribution < -0.4 is 0 Å². The number of hydrogen-bond donors (Lipinski definition) is 0. The van der Waals surface area contributed by atoms with Gasteiger partial charge < -0.3 is 0 Å². The van der Waals surface area contributed by atoms with E-state index in [1.165, 1.54) is 62.5 Å². The van der Waals surface area contributed by atoms with Gasteiger partial charge in [0.2, 0.25) is 0 Å². The normalized spacial score (nSPS) is 20.2. The molecule has 3 rings (SSSR count). The van der Waals surface area contributed by atoms with Crippen LogP contribution in [0.2, 0.25) is 0 Å². The highest BCUT2D eigenvalue weighted by atomic mass is 14.9. The van der Waals surface area contributed by atoms with Gasteiger partial charge in [-0.15, -0.1) is 0 Å². The summed E-state index contributed by atoms with van der Waals surface area (Å²) in [7, 11) is 0. The second-order valence-corrected chi connectivity index (χ2v) is 8.00. The van der Waals surface area contributed by atoms with Gasteiger partial charge in [-0.05, 0) is 55.1 Å². The van der Waals surface area contributed by atoms with Crippen molar-refractivity contribution in [1.29, 1.82) is 0 Å². The first kappa shape index (κ1) is 19.1. The van der Waals surface area contributed by atoms with Crippen LogP contribution in [-0.2, 0) is 6.42 Å². The van der Waals surface area contributed by atoms with E-state index in [9.17, 15) is 0 Å². The molecule has 0 saturated heterocycles. The molecule has 0 amide bonds. The first-order valence-electron chi connectivity index (χ1n) is 10.7. The Hall–Kier alpha value is -1.70. The van der Waals surface area contributed by atoms with E-state index in [4.69, 9.17) is 0 Å². The molecule has 0 unspecified atom stereocenters. The Bertz CT molecular complexity index is 637. The average Bonchev–Trinajstić information content (AvgIpc) is 2.70. The van der Waals surface area contributed by atoms with Crippen molar-refractivity contribution in [3.63, 3.8) is 0 Å². The summed E-state index contributed by atoms with van der Waals surface area (Å²) in [5.41, 5.74) is 3.86. The van der Waals surface area contributed by atoms with Crippen LogP contribution in [0.4, 0.5) is 0 Å². The molecule has 1 aliphatic rings. The Morgan fingerprint density at radius 2 is 1.54 bits per heavy atom. The summed E-state index contributed by atoms with van der Waals surface area (Å²) in [4.78, 5) is 9.09. The molecule has 1 aromatic heterocycles. The molecule has 0 radical (unpaired) electrons. The minimum atomic E-state index is 0.749. The molecule has 1 fully saturated rings. The van der Waals surface area contributed by atoms with Crippen molar-refractivity contribution in [1.82, 2.24) is 9.97 Å². The van der Waals surface area contributed by atoms with Crippen molar-refractivity contribution in [2.24, 2.45) is 5.92 Å². The van der Waals surface area contributed by atoms with Crippen LogP contribution in [-0.4, -0.2) is 9.97 Å². The lowest BCUT2D eigenvalue weighted by Crippen LogP contribution is -2.13. The van der Waals surface area contributed by atoms with Crippen LogP contribution in [0.25, 0.3) is 11.4 Å². The maximum atomic E-state index is 4.54. The van der Waals surface area contributed by atoms with Gasteiger partial charge in [-0.25, -0.2) is 9.97 Å². The molecular weight excluding hydrogens is 316 g/mol. The molecule has 1 aliphatic carbocycles. The van der Waals surface area contributed by atoms with Crippen LogP contribution in [0.1, 0.15) is 88.7 Å². The van der Waals surface area contributed by atoms with Crippen molar-refractivity contribution >= 4 is 0 Å². The maximum Gasteiger partial charge on any atom is 0.159 e. The van der Waals surface area contributed by atoms with Gasteiger partial charge in [0.15, 0.2) is 5.82 Å². The number of aryl methyl sites for hydroxylation is 1. The van der Waals surface area contributed by atoms with Gasteiger partial charge in [-0.2, -0.15) is 0 Å². The van der Waals surface area contributed by atoms with Crippen molar-refractivity contribution < 1.29 is 0 Å². The van der Waals surface area contributed by atoms with E-state index >= 15 is 0 Å². The van der Waals surface area contributed by atoms with Gasteiger partial charge in [0, 0.05) is 18.0 Å². The molecule has 2 aromatic rings. The Labute approximate surface area is 159 Å². The fourth-order valence-corrected chi connectivity index (χ4v) is 4.29. The number of nitrogens with zero attached hydrogens (tertiary/aromatic N) is 2. The number of aromatic nitrogens is 2. The molecule has 2 nitrogen and oxygen atoms in total. The Balaban J connectivity index is 1.55. The highest BCUT2D eigenvalue weighted by Gasteiger charge is 2.22. The summed E-state index contributed by atoms with van der Waals surface area (Å²) in [6.07, 6.45) is 17.3. The highest BCUT2D eigenvalue weighted by molar-refractivity contribution is 5.55. The summed E-state index contributed by atoms with van der Waals surface area (Å²) < 4.78 is 0. The standard InChI is InChI=1S/C24H34N2/c1-3-5-6-8-19-9-11-21(12-10-19)22-13-15-23(16-14-22)24-25-17-20(7-4-2)18-26-24/h13-19,21H,3-12H2,1-2H3. The molecule has 0 aliphatic heterocycles. The zero-order valence-corrected chi connectivity index (χ0v) is 16.6. The van der Waals surface area contributed by atoms with Gasteiger partial charge in [0.05, 0.1) is 0 Å². The Morgan fingerprint density at radius 3 is 2.15 bits per heavy atom.